The third-order valence-electron chi connectivity index (χ3n) is 4.86. The Kier molecular flexibility index (Phi) is 6.41. The minimum atomic E-state index is -0.289. The van der Waals surface area contributed by atoms with E-state index in [-0.39, 0.29) is 5.91 Å². The molecule has 0 radical (unpaired) electrons. The maximum Gasteiger partial charge on any atom is 0.257 e. The van der Waals surface area contributed by atoms with E-state index in [4.69, 9.17) is 9.47 Å². The van der Waals surface area contributed by atoms with E-state index < -0.39 is 0 Å². The van der Waals surface area contributed by atoms with Crippen molar-refractivity contribution >= 4 is 11.7 Å². The highest BCUT2D eigenvalue weighted by atomic mass is 16.5. The minimum absolute atomic E-state index is 0.289. The lowest BCUT2D eigenvalue weighted by atomic mass is 10.1. The molecule has 3 aromatic heterocycles. The third kappa shape index (κ3) is 4.75. The van der Waals surface area contributed by atoms with Crippen LogP contribution in [0.25, 0.3) is 11.3 Å². The number of hydrogen-bond donors (Lipinski definition) is 2. The van der Waals surface area contributed by atoms with Crippen molar-refractivity contribution in [3.63, 3.8) is 0 Å². The first-order valence-corrected chi connectivity index (χ1v) is 10.2. The largest absolute Gasteiger partial charge is 0.490 e. The van der Waals surface area contributed by atoms with Gasteiger partial charge in [-0.3, -0.25) is 19.9 Å². The maximum absolute atomic E-state index is 12.9. The number of nitrogens with zero attached hydrogens (tertiary/aromatic N) is 3. The highest BCUT2D eigenvalue weighted by Crippen LogP contribution is 2.30. The first-order valence-electron chi connectivity index (χ1n) is 10.2. The quantitative estimate of drug-likeness (QED) is 0.430. The molecule has 0 spiro atoms. The lowest BCUT2D eigenvalue weighted by Crippen LogP contribution is -2.13. The Morgan fingerprint density at radius 1 is 0.969 bits per heavy atom. The fourth-order valence-electron chi connectivity index (χ4n) is 3.18. The molecule has 0 fully saturated rings. The number of aromatic amines is 1. The lowest BCUT2D eigenvalue weighted by molar-refractivity contribution is 0.102. The smallest absolute Gasteiger partial charge is 0.257 e. The molecular formula is C24H23N5O3. The zero-order valence-electron chi connectivity index (χ0n) is 17.8. The van der Waals surface area contributed by atoms with Crippen molar-refractivity contribution in [2.24, 2.45) is 0 Å². The van der Waals surface area contributed by atoms with Gasteiger partial charge in [-0.25, -0.2) is 0 Å². The summed E-state index contributed by atoms with van der Waals surface area (Å²) in [6.07, 6.45) is 6.85. The summed E-state index contributed by atoms with van der Waals surface area (Å²) in [6, 6.07) is 12.6. The van der Waals surface area contributed by atoms with Crippen LogP contribution in [0.1, 0.15) is 28.4 Å². The molecule has 0 atom stereocenters. The Hall–Kier alpha value is -4.20. The number of carbonyl (C=O) groups is 1. The Morgan fingerprint density at radius 2 is 1.69 bits per heavy atom. The van der Waals surface area contributed by atoms with Crippen molar-refractivity contribution < 1.29 is 14.3 Å². The number of aromatic nitrogens is 4. The molecule has 0 saturated heterocycles. The molecule has 1 aromatic carbocycles. The van der Waals surface area contributed by atoms with Gasteiger partial charge in [-0.05, 0) is 61.9 Å². The molecule has 0 aliphatic heterocycles. The van der Waals surface area contributed by atoms with Crippen LogP contribution in [0, 0.1) is 6.92 Å². The van der Waals surface area contributed by atoms with Crippen molar-refractivity contribution in [3.8, 4) is 22.8 Å². The zero-order chi connectivity index (χ0) is 22.3. The van der Waals surface area contributed by atoms with Crippen LogP contribution >= 0.6 is 0 Å². The van der Waals surface area contributed by atoms with Crippen molar-refractivity contribution in [1.29, 1.82) is 0 Å². The van der Waals surface area contributed by atoms with E-state index in [1.165, 1.54) is 0 Å². The van der Waals surface area contributed by atoms with E-state index in [0.717, 1.165) is 22.4 Å². The number of carbonyl (C=O) groups excluding carboxylic acids is 1. The van der Waals surface area contributed by atoms with E-state index in [9.17, 15) is 4.79 Å². The van der Waals surface area contributed by atoms with Crippen LogP contribution in [0.15, 0.2) is 67.3 Å². The molecule has 4 aromatic rings. The lowest BCUT2D eigenvalue weighted by Gasteiger charge is -2.13. The van der Waals surface area contributed by atoms with E-state index in [2.05, 4.69) is 25.5 Å². The van der Waals surface area contributed by atoms with Crippen LogP contribution < -0.4 is 14.8 Å². The zero-order valence-corrected chi connectivity index (χ0v) is 17.8. The average Bonchev–Trinajstić information content (AvgIpc) is 3.19. The van der Waals surface area contributed by atoms with Crippen LogP contribution in [0.2, 0.25) is 0 Å². The van der Waals surface area contributed by atoms with Crippen molar-refractivity contribution in [3.05, 3.63) is 83.9 Å². The van der Waals surface area contributed by atoms with Gasteiger partial charge in [-0.2, -0.15) is 5.10 Å². The monoisotopic (exact) mass is 429 g/mol. The molecule has 1 amide bonds. The first-order chi connectivity index (χ1) is 15.7. The fraction of sp³-hybridized carbons (Fsp3) is 0.167. The first kappa shape index (κ1) is 21.0. The van der Waals surface area contributed by atoms with Crippen LogP contribution in [-0.4, -0.2) is 32.7 Å². The van der Waals surface area contributed by atoms with Crippen LogP contribution in [-0.2, 0) is 6.61 Å². The molecule has 0 aliphatic carbocycles. The number of ether oxygens (including phenoxy) is 2. The number of hydrogen-bond acceptors (Lipinski definition) is 6. The second-order valence-electron chi connectivity index (χ2n) is 7.00. The van der Waals surface area contributed by atoms with Gasteiger partial charge in [0.05, 0.1) is 12.3 Å². The topological polar surface area (TPSA) is 102 Å². The molecule has 2 N–H and O–H groups in total. The fourth-order valence-corrected chi connectivity index (χ4v) is 3.18. The van der Waals surface area contributed by atoms with Crippen LogP contribution in [0.3, 0.4) is 0 Å². The van der Waals surface area contributed by atoms with Gasteiger partial charge in [-0.15, -0.1) is 0 Å². The summed E-state index contributed by atoms with van der Waals surface area (Å²) in [5.41, 5.74) is 4.05. The number of amides is 1. The van der Waals surface area contributed by atoms with Crippen molar-refractivity contribution in [1.82, 2.24) is 20.2 Å². The normalized spacial score (nSPS) is 10.6. The highest BCUT2D eigenvalue weighted by molar-refractivity contribution is 6.04. The van der Waals surface area contributed by atoms with Gasteiger partial charge in [-0.1, -0.05) is 0 Å². The predicted octanol–water partition coefficient (Wildman–Crippen LogP) is 4.41. The average molecular weight is 429 g/mol. The van der Waals surface area contributed by atoms with E-state index in [1.54, 1.807) is 43.0 Å². The summed E-state index contributed by atoms with van der Waals surface area (Å²) < 4.78 is 11.6. The second-order valence-corrected chi connectivity index (χ2v) is 7.00. The van der Waals surface area contributed by atoms with Gasteiger partial charge in [0.1, 0.15) is 6.61 Å². The molecule has 3 heterocycles. The summed E-state index contributed by atoms with van der Waals surface area (Å²) in [5, 5.41) is 10.1. The number of anilines is 1. The van der Waals surface area contributed by atoms with E-state index in [1.807, 2.05) is 38.1 Å². The van der Waals surface area contributed by atoms with Crippen molar-refractivity contribution in [2.45, 2.75) is 20.5 Å². The number of rotatable bonds is 8. The standard InChI is InChI=1S/C24H23N5O3/c1-3-31-21-14-19(4-5-20(21)32-15-17-6-10-25-11-7-17)24(30)27-23-16(2)22(28-29-23)18-8-12-26-13-9-18/h4-14H,3,15H2,1-2H3,(H2,27,28,29,30). The molecule has 32 heavy (non-hydrogen) atoms. The molecule has 0 bridgehead atoms. The Labute approximate surface area is 185 Å². The van der Waals surface area contributed by atoms with Crippen LogP contribution in [0.4, 0.5) is 5.82 Å². The Morgan fingerprint density at radius 3 is 2.41 bits per heavy atom. The molecule has 8 heteroatoms. The number of benzene rings is 1. The molecule has 0 unspecified atom stereocenters. The molecule has 4 rings (SSSR count). The molecule has 0 aliphatic rings. The summed E-state index contributed by atoms with van der Waals surface area (Å²) in [4.78, 5) is 20.9. The van der Waals surface area contributed by atoms with E-state index in [0.29, 0.717) is 36.1 Å². The third-order valence-corrected chi connectivity index (χ3v) is 4.86. The maximum atomic E-state index is 12.9. The van der Waals surface area contributed by atoms with Crippen molar-refractivity contribution in [2.75, 3.05) is 11.9 Å². The Bertz CT molecular complexity index is 1190. The number of H-pyrrole nitrogens is 1. The van der Waals surface area contributed by atoms with Gasteiger partial charge >= 0.3 is 0 Å². The van der Waals surface area contributed by atoms with Gasteiger partial charge in [0.15, 0.2) is 17.3 Å². The number of pyridine rings is 2. The Balaban J connectivity index is 1.50. The summed E-state index contributed by atoms with van der Waals surface area (Å²) >= 11 is 0. The second kappa shape index (κ2) is 9.74. The predicted molar refractivity (Wildman–Crippen MR) is 121 cm³/mol. The summed E-state index contributed by atoms with van der Waals surface area (Å²) in [6.45, 7) is 4.60. The molecule has 0 saturated carbocycles. The molecular weight excluding hydrogens is 406 g/mol. The highest BCUT2D eigenvalue weighted by Gasteiger charge is 2.16. The van der Waals surface area contributed by atoms with E-state index >= 15 is 0 Å². The van der Waals surface area contributed by atoms with Gasteiger partial charge < -0.3 is 14.8 Å². The molecule has 162 valence electrons. The van der Waals surface area contributed by atoms with Gasteiger partial charge in [0.2, 0.25) is 0 Å². The molecule has 8 nitrogen and oxygen atoms in total. The van der Waals surface area contributed by atoms with Gasteiger partial charge in [0, 0.05) is 41.5 Å². The number of nitrogens with one attached hydrogen (secondary N) is 2. The SMILES string of the molecule is CCOc1cc(C(=O)Nc2n[nH]c(-c3ccncc3)c2C)ccc1OCc1ccncc1. The summed E-state index contributed by atoms with van der Waals surface area (Å²) in [5.74, 6) is 1.25. The summed E-state index contributed by atoms with van der Waals surface area (Å²) in [7, 11) is 0. The van der Waals surface area contributed by atoms with Crippen LogP contribution in [0.5, 0.6) is 11.5 Å². The van der Waals surface area contributed by atoms with Gasteiger partial charge in [0.25, 0.3) is 5.91 Å². The minimum Gasteiger partial charge on any atom is -0.490 e.